The van der Waals surface area contributed by atoms with E-state index in [1.807, 2.05) is 48.2 Å². The lowest BCUT2D eigenvalue weighted by Gasteiger charge is -2.23. The highest BCUT2D eigenvalue weighted by atomic mass is 35.5. The fraction of sp³-hybridized carbons (Fsp3) is 0.364. The summed E-state index contributed by atoms with van der Waals surface area (Å²) < 4.78 is 10.8. The first kappa shape index (κ1) is 19.3. The van der Waals surface area contributed by atoms with E-state index in [2.05, 4.69) is 6.07 Å². The van der Waals surface area contributed by atoms with Crippen LogP contribution in [0.15, 0.2) is 47.5 Å². The third-order valence-corrected chi connectivity index (χ3v) is 6.37. The minimum absolute atomic E-state index is 0.172. The molecule has 1 heterocycles. The van der Waals surface area contributed by atoms with Crippen LogP contribution in [0.1, 0.15) is 36.3 Å². The van der Waals surface area contributed by atoms with Gasteiger partial charge in [0.25, 0.3) is 0 Å². The molecule has 28 heavy (non-hydrogen) atoms. The summed E-state index contributed by atoms with van der Waals surface area (Å²) in [6.07, 6.45) is 1.89. The summed E-state index contributed by atoms with van der Waals surface area (Å²) in [4.78, 5) is 17.0. The van der Waals surface area contributed by atoms with Gasteiger partial charge >= 0.3 is 0 Å². The molecule has 0 amide bonds. The van der Waals surface area contributed by atoms with Crippen molar-refractivity contribution < 1.29 is 14.3 Å². The largest absolute Gasteiger partial charge is 0.454 e. The maximum absolute atomic E-state index is 12.2. The number of aliphatic imine (C=N–C) groups is 1. The zero-order valence-corrected chi connectivity index (χ0v) is 17.1. The van der Waals surface area contributed by atoms with E-state index < -0.39 is 0 Å². The van der Waals surface area contributed by atoms with Crippen molar-refractivity contribution in [2.24, 2.45) is 4.99 Å². The number of carbonyl (C=O) groups is 1. The molecule has 1 saturated carbocycles. The minimum atomic E-state index is 0.172. The van der Waals surface area contributed by atoms with Crippen molar-refractivity contribution in [3.63, 3.8) is 0 Å². The first-order valence-electron chi connectivity index (χ1n) is 9.43. The maximum atomic E-state index is 12.2. The smallest absolute Gasteiger partial charge is 0.231 e. The lowest BCUT2D eigenvalue weighted by Crippen LogP contribution is -2.22. The minimum Gasteiger partial charge on any atom is -0.454 e. The normalized spacial score (nSPS) is 20.0. The van der Waals surface area contributed by atoms with Gasteiger partial charge in [-0.05, 0) is 41.7 Å². The highest BCUT2D eigenvalue weighted by Gasteiger charge is 2.26. The Morgan fingerprint density at radius 1 is 1.11 bits per heavy atom. The molecule has 1 fully saturated rings. The second-order valence-electron chi connectivity index (χ2n) is 7.03. The highest BCUT2D eigenvalue weighted by molar-refractivity contribution is 7.98. The van der Waals surface area contributed by atoms with Gasteiger partial charge in [0.1, 0.15) is 5.78 Å². The molecule has 2 aromatic carbocycles. The number of fused-ring (bicyclic) bond motifs is 1. The van der Waals surface area contributed by atoms with Gasteiger partial charge in [-0.15, -0.1) is 0 Å². The van der Waals surface area contributed by atoms with Gasteiger partial charge in [0.2, 0.25) is 6.79 Å². The summed E-state index contributed by atoms with van der Waals surface area (Å²) in [5.41, 5.74) is 3.29. The Labute approximate surface area is 174 Å². The quantitative estimate of drug-likeness (QED) is 0.602. The van der Waals surface area contributed by atoms with Gasteiger partial charge in [-0.1, -0.05) is 35.9 Å². The van der Waals surface area contributed by atoms with Crippen molar-refractivity contribution in [3.8, 4) is 11.5 Å². The van der Waals surface area contributed by atoms with Crippen LogP contribution in [0.4, 0.5) is 0 Å². The number of hydrogen-bond acceptors (Lipinski definition) is 5. The van der Waals surface area contributed by atoms with Gasteiger partial charge in [0.15, 0.2) is 11.5 Å². The van der Waals surface area contributed by atoms with Gasteiger partial charge in [0, 0.05) is 41.6 Å². The van der Waals surface area contributed by atoms with Crippen molar-refractivity contribution in [3.05, 3.63) is 58.6 Å². The summed E-state index contributed by atoms with van der Waals surface area (Å²) in [7, 11) is 0. The van der Waals surface area contributed by atoms with E-state index in [4.69, 9.17) is 26.1 Å². The standard InChI is InChI=1S/C22H22ClNO3S/c23-20-4-2-1-3-16(20)13-28-8-7-24-18-9-17(10-19(25)12-18)15-5-6-21-22(11-15)27-14-26-21/h1-6,11,17H,7-10,12-14H2/t17-/m0/s1. The fourth-order valence-electron chi connectivity index (χ4n) is 3.59. The van der Waals surface area contributed by atoms with Crippen molar-refractivity contribution in [1.29, 1.82) is 0 Å². The molecule has 6 heteroatoms. The van der Waals surface area contributed by atoms with Crippen molar-refractivity contribution in [2.45, 2.75) is 30.9 Å². The van der Waals surface area contributed by atoms with Crippen molar-refractivity contribution in [2.75, 3.05) is 19.1 Å². The zero-order chi connectivity index (χ0) is 19.3. The van der Waals surface area contributed by atoms with Crippen LogP contribution in [0.5, 0.6) is 11.5 Å². The molecule has 0 bridgehead atoms. The monoisotopic (exact) mass is 415 g/mol. The van der Waals surface area contributed by atoms with Crippen LogP contribution in [-0.2, 0) is 10.5 Å². The Morgan fingerprint density at radius 2 is 1.96 bits per heavy atom. The molecule has 2 aromatic rings. The van der Waals surface area contributed by atoms with Crippen LogP contribution >= 0.6 is 23.4 Å². The number of ketones is 1. The third-order valence-electron chi connectivity index (χ3n) is 5.01. The molecule has 0 radical (unpaired) electrons. The van der Waals surface area contributed by atoms with E-state index in [9.17, 15) is 4.79 Å². The lowest BCUT2D eigenvalue weighted by molar-refractivity contribution is -0.118. The van der Waals surface area contributed by atoms with Gasteiger partial charge in [-0.3, -0.25) is 9.79 Å². The number of Topliss-reactive ketones (excluding diaryl/α,β-unsaturated/α-hetero) is 1. The molecule has 146 valence electrons. The van der Waals surface area contributed by atoms with Crippen LogP contribution in [0, 0.1) is 0 Å². The number of rotatable bonds is 6. The summed E-state index contributed by atoms with van der Waals surface area (Å²) in [5.74, 6) is 3.77. The fourth-order valence-corrected chi connectivity index (χ4v) is 4.71. The van der Waals surface area contributed by atoms with E-state index in [-0.39, 0.29) is 18.5 Å². The predicted molar refractivity (Wildman–Crippen MR) is 114 cm³/mol. The van der Waals surface area contributed by atoms with E-state index in [0.29, 0.717) is 12.8 Å². The Balaban J connectivity index is 1.32. The van der Waals surface area contributed by atoms with Gasteiger partial charge in [-0.25, -0.2) is 0 Å². The number of halogens is 1. The Morgan fingerprint density at radius 3 is 2.86 bits per heavy atom. The molecule has 4 rings (SSSR count). The van der Waals surface area contributed by atoms with Gasteiger partial charge < -0.3 is 9.47 Å². The molecule has 0 spiro atoms. The molecule has 0 N–H and O–H groups in total. The summed E-state index contributed by atoms with van der Waals surface area (Å²) in [5, 5.41) is 0.811. The second kappa shape index (κ2) is 9.01. The van der Waals surface area contributed by atoms with E-state index in [0.717, 1.165) is 57.8 Å². The molecular formula is C22H22ClNO3S. The predicted octanol–water partition coefficient (Wildman–Crippen LogP) is 5.28. The molecule has 0 aromatic heterocycles. The molecule has 1 atom stereocenters. The van der Waals surface area contributed by atoms with Crippen molar-refractivity contribution >= 4 is 34.9 Å². The van der Waals surface area contributed by atoms with Gasteiger partial charge in [0.05, 0.1) is 0 Å². The molecule has 4 nitrogen and oxygen atoms in total. The summed E-state index contributed by atoms with van der Waals surface area (Å²) in [6.45, 7) is 0.993. The first-order chi connectivity index (χ1) is 13.7. The number of benzene rings is 2. The SMILES string of the molecule is O=C1CC(=NCCSCc2ccccc2Cl)C[C@H](c2ccc3c(c2)OCO3)C1. The number of ether oxygens (including phenoxy) is 2. The third kappa shape index (κ3) is 4.70. The Hall–Kier alpha value is -1.98. The van der Waals surface area contributed by atoms with Crippen LogP contribution in [0.2, 0.25) is 5.02 Å². The molecular weight excluding hydrogens is 394 g/mol. The van der Waals surface area contributed by atoms with E-state index >= 15 is 0 Å². The number of nitrogens with zero attached hydrogens (tertiary/aromatic N) is 1. The van der Waals surface area contributed by atoms with Crippen LogP contribution in [0.25, 0.3) is 0 Å². The first-order valence-corrected chi connectivity index (χ1v) is 11.0. The average Bonchev–Trinajstić information content (AvgIpc) is 3.16. The molecule has 2 aliphatic rings. The van der Waals surface area contributed by atoms with Gasteiger partial charge in [-0.2, -0.15) is 11.8 Å². The average molecular weight is 416 g/mol. The molecule has 0 saturated heterocycles. The van der Waals surface area contributed by atoms with E-state index in [1.54, 1.807) is 0 Å². The lowest BCUT2D eigenvalue weighted by atomic mass is 9.82. The number of hydrogen-bond donors (Lipinski definition) is 0. The zero-order valence-electron chi connectivity index (χ0n) is 15.5. The maximum Gasteiger partial charge on any atom is 0.231 e. The summed E-state index contributed by atoms with van der Waals surface area (Å²) >= 11 is 8.00. The van der Waals surface area contributed by atoms with E-state index in [1.165, 1.54) is 0 Å². The molecule has 0 unspecified atom stereocenters. The Kier molecular flexibility index (Phi) is 6.23. The molecule has 1 aliphatic carbocycles. The van der Waals surface area contributed by atoms with Crippen LogP contribution < -0.4 is 9.47 Å². The topological polar surface area (TPSA) is 47.9 Å². The van der Waals surface area contributed by atoms with Crippen LogP contribution in [0.3, 0.4) is 0 Å². The number of thioether (sulfide) groups is 1. The Bertz CT molecular complexity index is 899. The number of carbonyl (C=O) groups excluding carboxylic acids is 1. The second-order valence-corrected chi connectivity index (χ2v) is 8.54. The van der Waals surface area contributed by atoms with Crippen LogP contribution in [-0.4, -0.2) is 30.6 Å². The molecule has 1 aliphatic heterocycles. The summed E-state index contributed by atoms with van der Waals surface area (Å²) in [6, 6.07) is 13.9. The highest BCUT2D eigenvalue weighted by Crippen LogP contribution is 2.38. The van der Waals surface area contributed by atoms with Crippen molar-refractivity contribution in [1.82, 2.24) is 0 Å².